The van der Waals surface area contributed by atoms with Gasteiger partial charge in [0.25, 0.3) is 15.9 Å². The Morgan fingerprint density at radius 1 is 1.20 bits per heavy atom. The summed E-state index contributed by atoms with van der Waals surface area (Å²) in [5.74, 6) is -1.05. The van der Waals surface area contributed by atoms with Crippen LogP contribution in [0.4, 0.5) is 16.0 Å². The number of H-pyrrole nitrogens is 1. The molecule has 0 aliphatic heterocycles. The summed E-state index contributed by atoms with van der Waals surface area (Å²) in [6.45, 7) is 0. The molecule has 3 N–H and O–H groups in total. The number of carbonyl (C=O) groups is 1. The minimum Gasteiger partial charge on any atom is -0.340 e. The van der Waals surface area contributed by atoms with Crippen molar-refractivity contribution in [2.75, 3.05) is 10.0 Å². The van der Waals surface area contributed by atoms with E-state index < -0.39 is 21.7 Å². The number of hydrogen-bond donors (Lipinski definition) is 3. The molecule has 0 spiro atoms. The summed E-state index contributed by atoms with van der Waals surface area (Å²) in [4.78, 5) is 16.4. The lowest BCUT2D eigenvalue weighted by atomic mass is 10.2. The van der Waals surface area contributed by atoms with Crippen LogP contribution >= 0.6 is 11.6 Å². The predicted octanol–water partition coefficient (Wildman–Crippen LogP) is 3.14. The second-order valence-corrected chi connectivity index (χ2v) is 8.36. The Labute approximate surface area is 174 Å². The number of halogens is 2. The Hall–Kier alpha value is -3.44. The molecule has 0 radical (unpaired) electrons. The molecule has 0 saturated heterocycles. The van der Waals surface area contributed by atoms with Crippen molar-refractivity contribution in [1.82, 2.24) is 19.7 Å². The molecule has 0 aliphatic carbocycles. The smallest absolute Gasteiger partial charge is 0.272 e. The average Bonchev–Trinajstić information content (AvgIpc) is 3.33. The Morgan fingerprint density at radius 3 is 2.60 bits per heavy atom. The summed E-state index contributed by atoms with van der Waals surface area (Å²) in [6, 6.07) is 9.83. The molecule has 2 aromatic heterocycles. The van der Waals surface area contributed by atoms with Gasteiger partial charge in [-0.2, -0.15) is 10.1 Å². The number of anilines is 2. The van der Waals surface area contributed by atoms with Crippen molar-refractivity contribution in [2.24, 2.45) is 7.05 Å². The Bertz CT molecular complexity index is 1350. The van der Waals surface area contributed by atoms with Gasteiger partial charge in [-0.15, -0.1) is 0 Å². The van der Waals surface area contributed by atoms with Crippen LogP contribution in [0.2, 0.25) is 5.02 Å². The molecule has 0 fully saturated rings. The Balaban J connectivity index is 1.55. The van der Waals surface area contributed by atoms with Crippen molar-refractivity contribution in [3.05, 3.63) is 65.3 Å². The van der Waals surface area contributed by atoms with Crippen LogP contribution in [0.15, 0.2) is 53.7 Å². The highest BCUT2D eigenvalue weighted by atomic mass is 35.5. The monoisotopic (exact) mass is 448 g/mol. The zero-order valence-electron chi connectivity index (χ0n) is 15.3. The third-order valence-corrected chi connectivity index (χ3v) is 6.15. The molecule has 12 heteroatoms. The zero-order chi connectivity index (χ0) is 21.5. The fraction of sp³-hybridized carbons (Fsp3) is 0.0556. The SMILES string of the molecule is Cn1c(C(=O)Nc2ccc(S(=O)(=O)Nc3ncn[nH]3)cc2)cc2c(Cl)c(F)ccc21. The van der Waals surface area contributed by atoms with E-state index in [1.54, 1.807) is 11.6 Å². The highest BCUT2D eigenvalue weighted by Gasteiger charge is 2.18. The van der Waals surface area contributed by atoms with Crippen LogP contribution in [0.5, 0.6) is 0 Å². The van der Waals surface area contributed by atoms with Crippen molar-refractivity contribution < 1.29 is 17.6 Å². The number of aryl methyl sites for hydroxylation is 1. The number of sulfonamides is 1. The summed E-state index contributed by atoms with van der Waals surface area (Å²) in [5, 5.41) is 9.00. The fourth-order valence-corrected chi connectivity index (χ4v) is 4.10. The first kappa shape index (κ1) is 19.9. The number of hydrogen-bond acceptors (Lipinski definition) is 5. The van der Waals surface area contributed by atoms with E-state index in [1.165, 1.54) is 48.8 Å². The van der Waals surface area contributed by atoms with Gasteiger partial charge in [-0.25, -0.2) is 22.6 Å². The molecule has 4 rings (SSSR count). The average molecular weight is 449 g/mol. The lowest BCUT2D eigenvalue weighted by Gasteiger charge is -2.08. The minimum absolute atomic E-state index is 0.0155. The van der Waals surface area contributed by atoms with E-state index in [0.29, 0.717) is 16.6 Å². The standard InChI is InChI=1S/C18H14ClFN6O3S/c1-26-14-7-6-13(20)16(19)12(14)8-15(26)17(27)23-10-2-4-11(5-3-10)30(28,29)25-18-21-9-22-24-18/h2-9H,1H3,(H,23,27)(H2,21,22,24,25). The van der Waals surface area contributed by atoms with Crippen LogP contribution < -0.4 is 10.0 Å². The molecule has 0 bridgehead atoms. The highest BCUT2D eigenvalue weighted by molar-refractivity contribution is 7.92. The predicted molar refractivity (Wildman–Crippen MR) is 109 cm³/mol. The normalized spacial score (nSPS) is 11.6. The first-order valence-electron chi connectivity index (χ1n) is 8.49. The summed E-state index contributed by atoms with van der Waals surface area (Å²) in [5.41, 5.74) is 1.24. The van der Waals surface area contributed by atoms with Crippen LogP contribution in [-0.2, 0) is 17.1 Å². The van der Waals surface area contributed by atoms with Gasteiger partial charge in [-0.3, -0.25) is 4.79 Å². The molecule has 2 heterocycles. The number of nitrogens with zero attached hydrogens (tertiary/aromatic N) is 3. The van der Waals surface area contributed by atoms with Crippen LogP contribution in [0.1, 0.15) is 10.5 Å². The van der Waals surface area contributed by atoms with Gasteiger partial charge >= 0.3 is 0 Å². The number of benzene rings is 2. The second kappa shape index (κ2) is 7.43. The number of rotatable bonds is 5. The molecule has 30 heavy (non-hydrogen) atoms. The molecule has 0 atom stereocenters. The van der Waals surface area contributed by atoms with Gasteiger partial charge in [-0.05, 0) is 42.5 Å². The maximum absolute atomic E-state index is 13.7. The molecule has 154 valence electrons. The number of nitrogens with one attached hydrogen (secondary N) is 3. The van der Waals surface area contributed by atoms with Crippen molar-refractivity contribution in [3.63, 3.8) is 0 Å². The first-order valence-corrected chi connectivity index (χ1v) is 10.4. The van der Waals surface area contributed by atoms with E-state index in [0.717, 1.165) is 0 Å². The van der Waals surface area contributed by atoms with E-state index in [2.05, 4.69) is 25.2 Å². The third-order valence-electron chi connectivity index (χ3n) is 4.41. The van der Waals surface area contributed by atoms with Crippen LogP contribution in [0.3, 0.4) is 0 Å². The van der Waals surface area contributed by atoms with E-state index in [9.17, 15) is 17.6 Å². The van der Waals surface area contributed by atoms with E-state index in [4.69, 9.17) is 11.6 Å². The van der Waals surface area contributed by atoms with Gasteiger partial charge in [0.05, 0.1) is 15.4 Å². The Kier molecular flexibility index (Phi) is 4.92. The molecule has 0 saturated carbocycles. The van der Waals surface area contributed by atoms with Crippen molar-refractivity contribution in [1.29, 1.82) is 0 Å². The van der Waals surface area contributed by atoms with Gasteiger partial charge < -0.3 is 9.88 Å². The number of aromatic nitrogens is 4. The molecule has 9 nitrogen and oxygen atoms in total. The van der Waals surface area contributed by atoms with Crippen LogP contribution in [-0.4, -0.2) is 34.1 Å². The number of fused-ring (bicyclic) bond motifs is 1. The van der Waals surface area contributed by atoms with Crippen molar-refractivity contribution >= 4 is 50.1 Å². The molecular weight excluding hydrogens is 435 g/mol. The molecular formula is C18H14ClFN6O3S. The lowest BCUT2D eigenvalue weighted by molar-refractivity contribution is 0.101. The summed E-state index contributed by atoms with van der Waals surface area (Å²) in [6.07, 6.45) is 1.17. The van der Waals surface area contributed by atoms with E-state index >= 15 is 0 Å². The zero-order valence-corrected chi connectivity index (χ0v) is 16.9. The lowest BCUT2D eigenvalue weighted by Crippen LogP contribution is -2.16. The molecule has 4 aromatic rings. The molecule has 0 aliphatic rings. The first-order chi connectivity index (χ1) is 14.3. The molecule has 0 unspecified atom stereocenters. The van der Waals surface area contributed by atoms with Gasteiger partial charge in [0.2, 0.25) is 5.95 Å². The van der Waals surface area contributed by atoms with Gasteiger partial charge in [0.1, 0.15) is 17.8 Å². The van der Waals surface area contributed by atoms with Crippen molar-refractivity contribution in [2.45, 2.75) is 4.90 Å². The van der Waals surface area contributed by atoms with E-state index in [1.807, 2.05) is 0 Å². The Morgan fingerprint density at radius 2 is 1.93 bits per heavy atom. The third kappa shape index (κ3) is 3.60. The van der Waals surface area contributed by atoms with Gasteiger partial charge in [-0.1, -0.05) is 11.6 Å². The minimum atomic E-state index is -3.86. The number of carbonyl (C=O) groups excluding carboxylic acids is 1. The molecule has 1 amide bonds. The summed E-state index contributed by atoms with van der Waals surface area (Å²) in [7, 11) is -2.20. The topological polar surface area (TPSA) is 122 Å². The van der Waals surface area contributed by atoms with E-state index in [-0.39, 0.29) is 21.6 Å². The quantitative estimate of drug-likeness (QED) is 0.433. The number of aromatic amines is 1. The summed E-state index contributed by atoms with van der Waals surface area (Å²) < 4.78 is 42.2. The van der Waals surface area contributed by atoms with Gasteiger partial charge in [0, 0.05) is 18.1 Å². The highest BCUT2D eigenvalue weighted by Crippen LogP contribution is 2.29. The maximum Gasteiger partial charge on any atom is 0.272 e. The fourth-order valence-electron chi connectivity index (χ4n) is 2.92. The second-order valence-electron chi connectivity index (χ2n) is 6.30. The maximum atomic E-state index is 13.7. The number of amides is 1. The van der Waals surface area contributed by atoms with Crippen molar-refractivity contribution in [3.8, 4) is 0 Å². The largest absolute Gasteiger partial charge is 0.340 e. The van der Waals surface area contributed by atoms with Gasteiger partial charge in [0.15, 0.2) is 0 Å². The van der Waals surface area contributed by atoms with Crippen LogP contribution in [0, 0.1) is 5.82 Å². The summed E-state index contributed by atoms with van der Waals surface area (Å²) >= 11 is 5.99. The molecule has 2 aromatic carbocycles. The van der Waals surface area contributed by atoms with Crippen LogP contribution in [0.25, 0.3) is 10.9 Å².